The van der Waals surface area contributed by atoms with Gasteiger partial charge in [0, 0.05) is 13.6 Å². The molecule has 0 saturated carbocycles. The molecule has 16 heteroatoms. The minimum atomic E-state index is -5.96. The molecule has 1 fully saturated rings. The lowest BCUT2D eigenvalue weighted by Crippen LogP contribution is -2.53. The maximum Gasteiger partial charge on any atom is 0.534 e. The van der Waals surface area contributed by atoms with Gasteiger partial charge in [0.15, 0.2) is 0 Å². The van der Waals surface area contributed by atoms with Crippen molar-refractivity contribution in [3.8, 4) is 5.75 Å². The molecule has 4 atom stereocenters. The Kier molecular flexibility index (Phi) is 11.2. The second-order valence-corrected chi connectivity index (χ2v) is 14.6. The third-order valence-corrected chi connectivity index (χ3v) is 9.38. The highest BCUT2D eigenvalue weighted by Gasteiger charge is 2.48. The lowest BCUT2D eigenvalue weighted by atomic mass is 9.87. The van der Waals surface area contributed by atoms with Gasteiger partial charge in [0.2, 0.25) is 17.7 Å². The fourth-order valence-electron chi connectivity index (χ4n) is 5.75. The Morgan fingerprint density at radius 1 is 0.980 bits per heavy atom. The first-order chi connectivity index (χ1) is 22.8. The van der Waals surface area contributed by atoms with E-state index in [9.17, 15) is 40.8 Å². The highest BCUT2D eigenvalue weighted by Crippen LogP contribution is 2.32. The lowest BCUT2D eigenvalue weighted by molar-refractivity contribution is -0.142. The van der Waals surface area contributed by atoms with Crippen molar-refractivity contribution in [2.24, 2.45) is 0 Å². The lowest BCUT2D eigenvalue weighted by Gasteiger charge is -2.33. The van der Waals surface area contributed by atoms with Gasteiger partial charge in [-0.25, -0.2) is 4.79 Å². The van der Waals surface area contributed by atoms with Crippen LogP contribution in [0.25, 0.3) is 0 Å². The number of amides is 4. The first-order valence-electron chi connectivity index (χ1n) is 15.8. The molecule has 3 unspecified atom stereocenters. The largest absolute Gasteiger partial charge is 0.534 e. The van der Waals surface area contributed by atoms with Gasteiger partial charge in [0.05, 0.1) is 6.04 Å². The van der Waals surface area contributed by atoms with Crippen LogP contribution in [0.1, 0.15) is 82.2 Å². The predicted molar refractivity (Wildman–Crippen MR) is 171 cm³/mol. The molecular weight excluding hydrogens is 669 g/mol. The summed E-state index contributed by atoms with van der Waals surface area (Å²) in [5, 5.41) is 5.69. The Bertz CT molecular complexity index is 1660. The third kappa shape index (κ3) is 9.02. The monoisotopic (exact) mass is 710 g/mol. The van der Waals surface area contributed by atoms with E-state index in [0.29, 0.717) is 12.8 Å². The molecule has 4 rings (SSSR count). The van der Waals surface area contributed by atoms with Gasteiger partial charge in [-0.05, 0) is 88.6 Å². The van der Waals surface area contributed by atoms with Gasteiger partial charge in [0.25, 0.3) is 0 Å². The number of ether oxygens (including phenoxy) is 1. The smallest absolute Gasteiger partial charge is 0.444 e. The number of fused-ring (bicyclic) bond motifs is 1. The highest BCUT2D eigenvalue weighted by atomic mass is 32.2. The number of carbonyl (C=O) groups excluding carboxylic acids is 4. The maximum atomic E-state index is 14.2. The summed E-state index contributed by atoms with van der Waals surface area (Å²) < 4.78 is 71.2. The van der Waals surface area contributed by atoms with E-state index in [1.165, 1.54) is 18.9 Å². The van der Waals surface area contributed by atoms with Crippen molar-refractivity contribution in [2.75, 3.05) is 13.6 Å². The van der Waals surface area contributed by atoms with E-state index in [0.717, 1.165) is 59.6 Å². The summed E-state index contributed by atoms with van der Waals surface area (Å²) in [6.45, 7) is 6.56. The van der Waals surface area contributed by atoms with Gasteiger partial charge in [-0.3, -0.25) is 19.3 Å². The molecule has 0 bridgehead atoms. The molecule has 1 aliphatic heterocycles. The van der Waals surface area contributed by atoms with Crippen molar-refractivity contribution in [3.63, 3.8) is 0 Å². The van der Waals surface area contributed by atoms with Crippen LogP contribution in [0.4, 0.5) is 18.0 Å². The van der Waals surface area contributed by atoms with Crippen molar-refractivity contribution in [3.05, 3.63) is 65.2 Å². The molecule has 2 N–H and O–H groups in total. The first-order valence-corrected chi connectivity index (χ1v) is 17.3. The van der Waals surface area contributed by atoms with Crippen molar-refractivity contribution in [2.45, 2.75) is 95.1 Å². The predicted octanol–water partition coefficient (Wildman–Crippen LogP) is 4.51. The van der Waals surface area contributed by atoms with E-state index >= 15 is 0 Å². The number of nitrogens with one attached hydrogen (secondary N) is 2. The molecule has 49 heavy (non-hydrogen) atoms. The Morgan fingerprint density at radius 3 is 2.27 bits per heavy atom. The average Bonchev–Trinajstić information content (AvgIpc) is 3.52. The number of likely N-dealkylation sites (N-methyl/N-ethyl adjacent to an activating group) is 1. The standard InChI is InChI=1S/C33H41F3N4O8S/c1-20(39(5)31(44)47-32(2,3)4)28(41)38-27(22-15-17-23(18-16-22)48-49(45,46)33(34,35)36)30(43)40-19-9-14-26(40)29(42)37-25-13-8-11-21-10-6-7-12-24(21)25/h6-7,10,12,15-18,20,25-27H,8-9,11,13-14,19H2,1-5H3,(H,37,42)(H,38,41)/t20?,25?,26?,27-/m0/s1. The molecule has 4 amide bonds. The average molecular weight is 711 g/mol. The molecular formula is C33H41F3N4O8S. The van der Waals surface area contributed by atoms with Gasteiger partial charge in [-0.1, -0.05) is 36.4 Å². The zero-order valence-electron chi connectivity index (χ0n) is 27.9. The highest BCUT2D eigenvalue weighted by molar-refractivity contribution is 7.88. The molecule has 2 aromatic carbocycles. The van der Waals surface area contributed by atoms with Crippen LogP contribution in [0.5, 0.6) is 5.75 Å². The second kappa shape index (κ2) is 14.6. The number of halogens is 3. The minimum Gasteiger partial charge on any atom is -0.444 e. The quantitative estimate of drug-likeness (QED) is 0.285. The fourth-order valence-corrected chi connectivity index (χ4v) is 6.21. The zero-order chi connectivity index (χ0) is 36.3. The summed E-state index contributed by atoms with van der Waals surface area (Å²) in [5.74, 6) is -2.50. The van der Waals surface area contributed by atoms with Crippen LogP contribution in [-0.2, 0) is 35.7 Å². The van der Waals surface area contributed by atoms with Crippen LogP contribution in [0.15, 0.2) is 48.5 Å². The van der Waals surface area contributed by atoms with E-state index in [4.69, 9.17) is 4.74 Å². The van der Waals surface area contributed by atoms with Crippen molar-refractivity contribution >= 4 is 33.9 Å². The normalized spacial score (nSPS) is 19.2. The minimum absolute atomic E-state index is 0.0643. The molecule has 268 valence electrons. The number of rotatable bonds is 9. The molecule has 1 aliphatic carbocycles. The first kappa shape index (κ1) is 37.5. The SMILES string of the molecule is CC(C(=O)N[C@H](C(=O)N1CCCC1C(=O)NC1CCCc2ccccc21)c1ccc(OS(=O)(=O)C(F)(F)F)cc1)N(C)C(=O)OC(C)(C)C. The zero-order valence-corrected chi connectivity index (χ0v) is 28.7. The van der Waals surface area contributed by atoms with E-state index in [-0.39, 0.29) is 24.1 Å². The molecule has 1 heterocycles. The summed E-state index contributed by atoms with van der Waals surface area (Å²) in [5.41, 5.74) is -4.30. The van der Waals surface area contributed by atoms with Crippen LogP contribution in [0, 0.1) is 0 Å². The van der Waals surface area contributed by atoms with E-state index in [2.05, 4.69) is 14.8 Å². The number of nitrogens with zero attached hydrogens (tertiary/aromatic N) is 2. The van der Waals surface area contributed by atoms with E-state index < -0.39 is 63.0 Å². The number of hydrogen-bond acceptors (Lipinski definition) is 8. The van der Waals surface area contributed by atoms with E-state index in [1.54, 1.807) is 20.8 Å². The number of benzene rings is 2. The van der Waals surface area contributed by atoms with Crippen LogP contribution < -0.4 is 14.8 Å². The summed E-state index contributed by atoms with van der Waals surface area (Å²) in [6, 6.07) is 8.19. The van der Waals surface area contributed by atoms with Crippen molar-refractivity contribution in [1.29, 1.82) is 0 Å². The molecule has 2 aromatic rings. The Hall–Kier alpha value is -4.34. The van der Waals surface area contributed by atoms with Gasteiger partial charge >= 0.3 is 21.7 Å². The van der Waals surface area contributed by atoms with Crippen LogP contribution in [0.3, 0.4) is 0 Å². The number of aryl methyl sites for hydroxylation is 1. The molecule has 1 saturated heterocycles. The third-order valence-electron chi connectivity index (χ3n) is 8.40. The van der Waals surface area contributed by atoms with E-state index in [1.807, 2.05) is 24.3 Å². The van der Waals surface area contributed by atoms with Crippen LogP contribution in [-0.4, -0.2) is 78.8 Å². The number of hydrogen-bond donors (Lipinski definition) is 2. The molecule has 0 aromatic heterocycles. The van der Waals surface area contributed by atoms with Gasteiger partial charge in [-0.15, -0.1) is 0 Å². The summed E-state index contributed by atoms with van der Waals surface area (Å²) in [4.78, 5) is 56.3. The molecule has 2 aliphatic rings. The van der Waals surface area contributed by atoms with Gasteiger partial charge < -0.3 is 24.5 Å². The molecule has 0 spiro atoms. The summed E-state index contributed by atoms with van der Waals surface area (Å²) in [7, 11) is -4.62. The topological polar surface area (TPSA) is 151 Å². The number of alkyl halides is 3. The van der Waals surface area contributed by atoms with Crippen molar-refractivity contribution < 1.29 is 49.7 Å². The number of carbonyl (C=O) groups is 4. The Morgan fingerprint density at radius 2 is 1.63 bits per heavy atom. The Balaban J connectivity index is 1.59. The summed E-state index contributed by atoms with van der Waals surface area (Å²) >= 11 is 0. The molecule has 12 nitrogen and oxygen atoms in total. The number of likely N-dealkylation sites (tertiary alicyclic amines) is 1. The Labute approximate surface area is 283 Å². The molecule has 0 radical (unpaired) electrons. The van der Waals surface area contributed by atoms with Crippen LogP contribution >= 0.6 is 0 Å². The maximum absolute atomic E-state index is 14.2. The van der Waals surface area contributed by atoms with Crippen molar-refractivity contribution in [1.82, 2.24) is 20.4 Å². The fraction of sp³-hybridized carbons (Fsp3) is 0.515. The van der Waals surface area contributed by atoms with Crippen LogP contribution in [0.2, 0.25) is 0 Å². The van der Waals surface area contributed by atoms with Gasteiger partial charge in [0.1, 0.15) is 29.5 Å². The van der Waals surface area contributed by atoms with Gasteiger partial charge in [-0.2, -0.15) is 21.6 Å². The summed E-state index contributed by atoms with van der Waals surface area (Å²) in [6.07, 6.45) is 2.54. The second-order valence-electron chi connectivity index (χ2n) is 13.1.